The van der Waals surface area contributed by atoms with Crippen LogP contribution in [0.5, 0.6) is 0 Å². The molecule has 1 fully saturated rings. The zero-order valence-corrected chi connectivity index (χ0v) is 13.0. The smallest absolute Gasteiger partial charge is 0.324 e. The van der Waals surface area contributed by atoms with Gasteiger partial charge in [-0.3, -0.25) is 14.9 Å². The normalized spacial score (nSPS) is 22.8. The molecule has 0 saturated carbocycles. The summed E-state index contributed by atoms with van der Waals surface area (Å²) in [6, 6.07) is -0.546. The highest BCUT2D eigenvalue weighted by Crippen LogP contribution is 2.24. The first-order valence-electron chi connectivity index (χ1n) is 7.04. The number of nitrogens with zero attached hydrogens (tertiary/aromatic N) is 1. The Hall–Kier alpha value is -1.63. The Morgan fingerprint density at radius 3 is 2.48 bits per heavy atom. The number of imide groups is 1. The number of amides is 3. The molecular formula is C14H24N2O5. The van der Waals surface area contributed by atoms with Crippen LogP contribution in [-0.2, 0) is 14.3 Å². The Balaban J connectivity index is 2.54. The lowest BCUT2D eigenvalue weighted by Gasteiger charge is -2.36. The molecule has 1 aliphatic rings. The molecule has 0 spiro atoms. The first-order chi connectivity index (χ1) is 9.60. The van der Waals surface area contributed by atoms with E-state index in [0.29, 0.717) is 13.2 Å². The summed E-state index contributed by atoms with van der Waals surface area (Å²) in [6.07, 6.45) is -0.204. The van der Waals surface area contributed by atoms with Crippen LogP contribution in [0.15, 0.2) is 0 Å². The van der Waals surface area contributed by atoms with Crippen molar-refractivity contribution in [2.24, 2.45) is 5.41 Å². The van der Waals surface area contributed by atoms with Crippen LogP contribution in [0.2, 0.25) is 0 Å². The quantitative estimate of drug-likeness (QED) is 0.814. The molecule has 0 aromatic carbocycles. The number of morpholine rings is 1. The van der Waals surface area contributed by atoms with Crippen molar-refractivity contribution in [2.45, 2.75) is 52.7 Å². The van der Waals surface area contributed by atoms with Crippen molar-refractivity contribution < 1.29 is 24.2 Å². The minimum atomic E-state index is -0.963. The van der Waals surface area contributed by atoms with Crippen molar-refractivity contribution in [1.29, 1.82) is 0 Å². The number of carbonyl (C=O) groups is 3. The first-order valence-corrected chi connectivity index (χ1v) is 7.04. The summed E-state index contributed by atoms with van der Waals surface area (Å²) < 4.78 is 5.43. The van der Waals surface area contributed by atoms with Crippen LogP contribution in [0.3, 0.4) is 0 Å². The Labute approximate surface area is 124 Å². The molecule has 2 N–H and O–H groups in total. The Morgan fingerprint density at radius 2 is 1.90 bits per heavy atom. The second-order valence-corrected chi connectivity index (χ2v) is 6.41. The van der Waals surface area contributed by atoms with Crippen LogP contribution >= 0.6 is 0 Å². The largest absolute Gasteiger partial charge is 0.481 e. The number of carbonyl (C=O) groups excluding carboxylic acids is 2. The summed E-state index contributed by atoms with van der Waals surface area (Å²) in [5.74, 6) is -1.42. The second kappa shape index (κ2) is 6.89. The summed E-state index contributed by atoms with van der Waals surface area (Å²) in [5.41, 5.74) is -0.694. The molecule has 1 aliphatic heterocycles. The van der Waals surface area contributed by atoms with Gasteiger partial charge in [0.25, 0.3) is 0 Å². The van der Waals surface area contributed by atoms with Crippen molar-refractivity contribution in [2.75, 3.05) is 13.2 Å². The SMILES string of the molecule is CC1CN(C(=O)NC(=O)CC(C)(C)CC(=O)O)C(C)CO1. The van der Waals surface area contributed by atoms with Gasteiger partial charge in [0.15, 0.2) is 0 Å². The average molecular weight is 300 g/mol. The number of hydrogen-bond donors (Lipinski definition) is 2. The third kappa shape index (κ3) is 5.71. The van der Waals surface area contributed by atoms with E-state index in [1.807, 2.05) is 13.8 Å². The fourth-order valence-electron chi connectivity index (χ4n) is 2.33. The van der Waals surface area contributed by atoms with Gasteiger partial charge in [0.2, 0.25) is 5.91 Å². The van der Waals surface area contributed by atoms with Gasteiger partial charge in [0.1, 0.15) is 0 Å². The van der Waals surface area contributed by atoms with E-state index >= 15 is 0 Å². The maximum atomic E-state index is 12.1. The number of urea groups is 1. The zero-order chi connectivity index (χ0) is 16.2. The van der Waals surface area contributed by atoms with Crippen LogP contribution in [0.4, 0.5) is 4.79 Å². The van der Waals surface area contributed by atoms with Crippen molar-refractivity contribution in [3.8, 4) is 0 Å². The fourth-order valence-corrected chi connectivity index (χ4v) is 2.33. The molecule has 0 aromatic heterocycles. The maximum absolute atomic E-state index is 12.1. The van der Waals surface area contributed by atoms with Gasteiger partial charge in [0, 0.05) is 13.0 Å². The van der Waals surface area contributed by atoms with Crippen molar-refractivity contribution in [3.05, 3.63) is 0 Å². The van der Waals surface area contributed by atoms with Crippen molar-refractivity contribution >= 4 is 17.9 Å². The molecule has 1 saturated heterocycles. The van der Waals surface area contributed by atoms with Gasteiger partial charge in [-0.25, -0.2) is 4.79 Å². The van der Waals surface area contributed by atoms with E-state index in [4.69, 9.17) is 9.84 Å². The van der Waals surface area contributed by atoms with Gasteiger partial charge in [-0.1, -0.05) is 13.8 Å². The Bertz CT molecular complexity index is 422. The van der Waals surface area contributed by atoms with E-state index < -0.39 is 23.3 Å². The number of carboxylic acids is 1. The lowest BCUT2D eigenvalue weighted by atomic mass is 9.85. The molecule has 1 heterocycles. The summed E-state index contributed by atoms with van der Waals surface area (Å²) in [7, 11) is 0. The average Bonchev–Trinajstić information content (AvgIpc) is 2.29. The highest BCUT2D eigenvalue weighted by Gasteiger charge is 2.30. The molecule has 7 heteroatoms. The minimum Gasteiger partial charge on any atom is -0.481 e. The van der Waals surface area contributed by atoms with E-state index in [9.17, 15) is 14.4 Å². The lowest BCUT2D eigenvalue weighted by molar-refractivity contribution is -0.139. The van der Waals surface area contributed by atoms with E-state index in [2.05, 4.69) is 5.32 Å². The number of rotatable bonds is 4. The minimum absolute atomic E-state index is 0.0146. The molecule has 120 valence electrons. The molecule has 2 atom stereocenters. The van der Waals surface area contributed by atoms with E-state index in [1.165, 1.54) is 0 Å². The Morgan fingerprint density at radius 1 is 1.29 bits per heavy atom. The number of aliphatic carboxylic acids is 1. The van der Waals surface area contributed by atoms with Crippen molar-refractivity contribution in [3.63, 3.8) is 0 Å². The fraction of sp³-hybridized carbons (Fsp3) is 0.786. The first kappa shape index (κ1) is 17.4. The van der Waals surface area contributed by atoms with Gasteiger partial charge < -0.3 is 14.7 Å². The molecular weight excluding hydrogens is 276 g/mol. The molecule has 0 radical (unpaired) electrons. The van der Waals surface area contributed by atoms with Crippen LogP contribution in [0.1, 0.15) is 40.5 Å². The van der Waals surface area contributed by atoms with E-state index in [0.717, 1.165) is 0 Å². The summed E-state index contributed by atoms with van der Waals surface area (Å²) in [6.45, 7) is 7.95. The maximum Gasteiger partial charge on any atom is 0.324 e. The Kier molecular flexibility index (Phi) is 5.71. The topological polar surface area (TPSA) is 95.9 Å². The molecule has 0 aliphatic carbocycles. The number of ether oxygens (including phenoxy) is 1. The third-order valence-electron chi connectivity index (χ3n) is 3.38. The molecule has 0 aromatic rings. The van der Waals surface area contributed by atoms with Gasteiger partial charge >= 0.3 is 12.0 Å². The summed E-state index contributed by atoms with van der Waals surface area (Å²) in [5, 5.41) is 11.1. The van der Waals surface area contributed by atoms with Crippen LogP contribution in [0, 0.1) is 5.41 Å². The van der Waals surface area contributed by atoms with Gasteiger partial charge in [-0.2, -0.15) is 0 Å². The standard InChI is InChI=1S/C14H24N2O5/c1-9-8-21-10(2)7-16(9)13(20)15-11(17)5-14(3,4)6-12(18)19/h9-10H,5-8H2,1-4H3,(H,18,19)(H,15,17,20). The summed E-state index contributed by atoms with van der Waals surface area (Å²) >= 11 is 0. The van der Waals surface area contributed by atoms with Crippen LogP contribution in [0.25, 0.3) is 0 Å². The molecule has 7 nitrogen and oxygen atoms in total. The zero-order valence-electron chi connectivity index (χ0n) is 13.0. The lowest BCUT2D eigenvalue weighted by Crippen LogP contribution is -2.54. The third-order valence-corrected chi connectivity index (χ3v) is 3.38. The molecule has 21 heavy (non-hydrogen) atoms. The predicted molar refractivity (Wildman–Crippen MR) is 75.8 cm³/mol. The monoisotopic (exact) mass is 300 g/mol. The molecule has 0 bridgehead atoms. The highest BCUT2D eigenvalue weighted by molar-refractivity contribution is 5.94. The van der Waals surface area contributed by atoms with Crippen LogP contribution < -0.4 is 5.32 Å². The van der Waals surface area contributed by atoms with Gasteiger partial charge in [-0.15, -0.1) is 0 Å². The van der Waals surface area contributed by atoms with Crippen molar-refractivity contribution in [1.82, 2.24) is 10.2 Å². The number of nitrogens with one attached hydrogen (secondary N) is 1. The molecule has 2 unspecified atom stereocenters. The molecule has 1 rings (SSSR count). The number of carboxylic acid groups (broad SMARTS) is 1. The molecule has 3 amide bonds. The van der Waals surface area contributed by atoms with Gasteiger partial charge in [0.05, 0.1) is 25.2 Å². The highest BCUT2D eigenvalue weighted by atomic mass is 16.5. The van der Waals surface area contributed by atoms with E-state index in [1.54, 1.807) is 18.7 Å². The van der Waals surface area contributed by atoms with Crippen LogP contribution in [-0.4, -0.2) is 53.2 Å². The van der Waals surface area contributed by atoms with E-state index in [-0.39, 0.29) is 25.0 Å². The van der Waals surface area contributed by atoms with Gasteiger partial charge in [-0.05, 0) is 19.3 Å². The predicted octanol–water partition coefficient (Wildman–Crippen LogP) is 1.22. The summed E-state index contributed by atoms with van der Waals surface area (Å²) in [4.78, 5) is 36.3. The number of hydrogen-bond acceptors (Lipinski definition) is 4. The second-order valence-electron chi connectivity index (χ2n) is 6.41.